The van der Waals surface area contributed by atoms with Gasteiger partial charge in [-0.2, -0.15) is 0 Å². The number of aryl methyl sites for hydroxylation is 2. The standard InChI is InChI=1S/C13H19N3O/c1-3-17-9-5-8-16-11-7-4-6-10(2)12(11)15-13(16)14/h4,6-7H,3,5,8-9H2,1-2H3,(H2,14,15). The molecule has 0 fully saturated rings. The Morgan fingerprint density at radius 2 is 2.24 bits per heavy atom. The van der Waals surface area contributed by atoms with E-state index in [1.807, 2.05) is 13.0 Å². The summed E-state index contributed by atoms with van der Waals surface area (Å²) in [6, 6.07) is 6.16. The molecule has 2 aromatic rings. The van der Waals surface area contributed by atoms with Crippen molar-refractivity contribution in [2.45, 2.75) is 26.8 Å². The molecular formula is C13H19N3O. The molecule has 0 amide bonds. The van der Waals surface area contributed by atoms with Crippen LogP contribution in [0.3, 0.4) is 0 Å². The SMILES string of the molecule is CCOCCCn1c(N)nc2c(C)cccc21. The lowest BCUT2D eigenvalue weighted by molar-refractivity contribution is 0.142. The van der Waals surface area contributed by atoms with Crippen LogP contribution in [0.2, 0.25) is 0 Å². The lowest BCUT2D eigenvalue weighted by atomic mass is 10.2. The van der Waals surface area contributed by atoms with E-state index in [1.165, 1.54) is 0 Å². The van der Waals surface area contributed by atoms with E-state index >= 15 is 0 Å². The summed E-state index contributed by atoms with van der Waals surface area (Å²) in [5.74, 6) is 0.589. The quantitative estimate of drug-likeness (QED) is 0.806. The van der Waals surface area contributed by atoms with Crippen molar-refractivity contribution in [3.05, 3.63) is 23.8 Å². The predicted molar refractivity (Wildman–Crippen MR) is 70.0 cm³/mol. The third-order valence-electron chi connectivity index (χ3n) is 2.88. The molecular weight excluding hydrogens is 214 g/mol. The Bertz CT molecular complexity index is 505. The number of hydrogen-bond acceptors (Lipinski definition) is 3. The van der Waals surface area contributed by atoms with E-state index in [0.29, 0.717) is 5.95 Å². The maximum atomic E-state index is 5.95. The highest BCUT2D eigenvalue weighted by atomic mass is 16.5. The molecule has 2 N–H and O–H groups in total. The minimum absolute atomic E-state index is 0.589. The maximum absolute atomic E-state index is 5.95. The van der Waals surface area contributed by atoms with Gasteiger partial charge >= 0.3 is 0 Å². The minimum Gasteiger partial charge on any atom is -0.382 e. The van der Waals surface area contributed by atoms with Crippen LogP contribution in [0.1, 0.15) is 18.9 Å². The lowest BCUT2D eigenvalue weighted by Gasteiger charge is -2.06. The largest absolute Gasteiger partial charge is 0.382 e. The van der Waals surface area contributed by atoms with Crippen LogP contribution in [0.15, 0.2) is 18.2 Å². The van der Waals surface area contributed by atoms with Crippen molar-refractivity contribution in [1.29, 1.82) is 0 Å². The van der Waals surface area contributed by atoms with Crippen LogP contribution in [0.5, 0.6) is 0 Å². The van der Waals surface area contributed by atoms with Crippen molar-refractivity contribution in [3.63, 3.8) is 0 Å². The molecule has 1 aromatic heterocycles. The van der Waals surface area contributed by atoms with E-state index in [2.05, 4.69) is 28.6 Å². The molecule has 0 aliphatic carbocycles. The monoisotopic (exact) mass is 233 g/mol. The summed E-state index contributed by atoms with van der Waals surface area (Å²) in [6.45, 7) is 6.44. The average Bonchev–Trinajstić information content (AvgIpc) is 2.63. The topological polar surface area (TPSA) is 53.1 Å². The van der Waals surface area contributed by atoms with Crippen molar-refractivity contribution in [2.24, 2.45) is 0 Å². The van der Waals surface area contributed by atoms with E-state index in [1.54, 1.807) is 0 Å². The molecule has 0 bridgehead atoms. The normalized spacial score (nSPS) is 11.2. The highest BCUT2D eigenvalue weighted by molar-refractivity contribution is 5.81. The summed E-state index contributed by atoms with van der Waals surface area (Å²) in [4.78, 5) is 4.41. The highest BCUT2D eigenvalue weighted by Gasteiger charge is 2.08. The second-order valence-electron chi connectivity index (χ2n) is 4.11. The summed E-state index contributed by atoms with van der Waals surface area (Å²) >= 11 is 0. The number of ether oxygens (including phenoxy) is 1. The van der Waals surface area contributed by atoms with Gasteiger partial charge in [0.15, 0.2) is 0 Å². The Hall–Kier alpha value is -1.55. The van der Waals surface area contributed by atoms with Crippen molar-refractivity contribution in [2.75, 3.05) is 18.9 Å². The van der Waals surface area contributed by atoms with Crippen LogP contribution in [0.4, 0.5) is 5.95 Å². The number of nitrogens with two attached hydrogens (primary N) is 1. The summed E-state index contributed by atoms with van der Waals surface area (Å²) in [6.07, 6.45) is 0.956. The van der Waals surface area contributed by atoms with E-state index in [4.69, 9.17) is 10.5 Å². The zero-order chi connectivity index (χ0) is 12.3. The lowest BCUT2D eigenvalue weighted by Crippen LogP contribution is -2.06. The fourth-order valence-electron chi connectivity index (χ4n) is 2.01. The van der Waals surface area contributed by atoms with E-state index in [0.717, 1.165) is 42.8 Å². The van der Waals surface area contributed by atoms with Crippen LogP contribution < -0.4 is 5.73 Å². The first-order chi connectivity index (χ1) is 8.24. The molecule has 2 rings (SSSR count). The molecule has 0 saturated carbocycles. The van der Waals surface area contributed by atoms with Gasteiger partial charge in [0.1, 0.15) is 0 Å². The fraction of sp³-hybridized carbons (Fsp3) is 0.462. The van der Waals surface area contributed by atoms with Gasteiger partial charge in [0.25, 0.3) is 0 Å². The number of para-hydroxylation sites is 1. The van der Waals surface area contributed by atoms with E-state index in [-0.39, 0.29) is 0 Å². The molecule has 4 heteroatoms. The fourth-order valence-corrected chi connectivity index (χ4v) is 2.01. The molecule has 0 aliphatic heterocycles. The molecule has 0 aliphatic rings. The molecule has 0 saturated heterocycles. The zero-order valence-electron chi connectivity index (χ0n) is 10.4. The third-order valence-corrected chi connectivity index (χ3v) is 2.88. The first-order valence-electron chi connectivity index (χ1n) is 6.03. The van der Waals surface area contributed by atoms with Crippen LogP contribution >= 0.6 is 0 Å². The Balaban J connectivity index is 2.21. The Morgan fingerprint density at radius 1 is 1.41 bits per heavy atom. The number of fused-ring (bicyclic) bond motifs is 1. The smallest absolute Gasteiger partial charge is 0.201 e. The first kappa shape index (κ1) is 11.9. The Morgan fingerprint density at radius 3 is 3.00 bits per heavy atom. The number of nitrogen functional groups attached to an aromatic ring is 1. The zero-order valence-corrected chi connectivity index (χ0v) is 10.4. The van der Waals surface area contributed by atoms with E-state index < -0.39 is 0 Å². The molecule has 0 spiro atoms. The van der Waals surface area contributed by atoms with Gasteiger partial charge in [-0.15, -0.1) is 0 Å². The summed E-state index contributed by atoms with van der Waals surface area (Å²) < 4.78 is 7.39. The molecule has 92 valence electrons. The van der Waals surface area contributed by atoms with Crippen LogP contribution in [0, 0.1) is 6.92 Å². The Labute approximate surface area is 101 Å². The number of benzene rings is 1. The van der Waals surface area contributed by atoms with Gasteiger partial charge in [-0.3, -0.25) is 0 Å². The third kappa shape index (κ3) is 2.42. The van der Waals surface area contributed by atoms with Gasteiger partial charge in [-0.25, -0.2) is 4.98 Å². The summed E-state index contributed by atoms with van der Waals surface area (Å²) in [7, 11) is 0. The minimum atomic E-state index is 0.589. The molecule has 1 heterocycles. The molecule has 0 atom stereocenters. The number of aromatic nitrogens is 2. The van der Waals surface area contributed by atoms with Crippen LogP contribution in [-0.4, -0.2) is 22.8 Å². The maximum Gasteiger partial charge on any atom is 0.201 e. The number of hydrogen-bond donors (Lipinski definition) is 1. The number of nitrogens with zero attached hydrogens (tertiary/aromatic N) is 2. The van der Waals surface area contributed by atoms with Gasteiger partial charge < -0.3 is 15.0 Å². The van der Waals surface area contributed by atoms with Gasteiger partial charge in [-0.1, -0.05) is 12.1 Å². The summed E-state index contributed by atoms with van der Waals surface area (Å²) in [5.41, 5.74) is 9.22. The van der Waals surface area contributed by atoms with Gasteiger partial charge in [0.05, 0.1) is 11.0 Å². The number of anilines is 1. The van der Waals surface area contributed by atoms with E-state index in [9.17, 15) is 0 Å². The molecule has 0 unspecified atom stereocenters. The number of imidazole rings is 1. The molecule has 1 aromatic carbocycles. The van der Waals surface area contributed by atoms with Crippen LogP contribution in [-0.2, 0) is 11.3 Å². The van der Waals surface area contributed by atoms with Crippen LogP contribution in [0.25, 0.3) is 11.0 Å². The van der Waals surface area contributed by atoms with Crippen molar-refractivity contribution in [3.8, 4) is 0 Å². The van der Waals surface area contributed by atoms with Gasteiger partial charge in [-0.05, 0) is 31.9 Å². The molecule has 4 nitrogen and oxygen atoms in total. The second kappa shape index (κ2) is 5.19. The van der Waals surface area contributed by atoms with Crippen molar-refractivity contribution >= 4 is 17.0 Å². The summed E-state index contributed by atoms with van der Waals surface area (Å²) in [5, 5.41) is 0. The highest BCUT2D eigenvalue weighted by Crippen LogP contribution is 2.21. The van der Waals surface area contributed by atoms with Gasteiger partial charge in [0, 0.05) is 19.8 Å². The van der Waals surface area contributed by atoms with Crippen molar-refractivity contribution < 1.29 is 4.74 Å². The van der Waals surface area contributed by atoms with Crippen molar-refractivity contribution in [1.82, 2.24) is 9.55 Å². The predicted octanol–water partition coefficient (Wildman–Crippen LogP) is 2.35. The second-order valence-corrected chi connectivity index (χ2v) is 4.11. The molecule has 17 heavy (non-hydrogen) atoms. The number of rotatable bonds is 5. The first-order valence-corrected chi connectivity index (χ1v) is 6.03. The molecule has 0 radical (unpaired) electrons. The Kier molecular flexibility index (Phi) is 3.64. The van der Waals surface area contributed by atoms with Gasteiger partial charge in [0.2, 0.25) is 5.95 Å². The average molecular weight is 233 g/mol.